The maximum atomic E-state index is 12.7. The van der Waals surface area contributed by atoms with Crippen LogP contribution in [-0.4, -0.2) is 59.5 Å². The quantitative estimate of drug-likeness (QED) is 0.388. The number of anilines is 1. The minimum absolute atomic E-state index is 0.0873. The molecule has 0 radical (unpaired) electrons. The van der Waals surface area contributed by atoms with Crippen molar-refractivity contribution >= 4 is 39.1 Å². The molecule has 4 N–H and O–H groups in total. The molecule has 1 aliphatic heterocycles. The Labute approximate surface area is 220 Å². The third-order valence-corrected chi connectivity index (χ3v) is 7.63. The highest BCUT2D eigenvalue weighted by Gasteiger charge is 2.29. The zero-order valence-corrected chi connectivity index (χ0v) is 22.0. The van der Waals surface area contributed by atoms with Crippen LogP contribution in [0.4, 0.5) is 5.69 Å². The van der Waals surface area contributed by atoms with Gasteiger partial charge in [0.15, 0.2) is 0 Å². The molecule has 0 atom stereocenters. The van der Waals surface area contributed by atoms with Crippen molar-refractivity contribution in [3.05, 3.63) is 70.6 Å². The summed E-state index contributed by atoms with van der Waals surface area (Å²) in [5.41, 5.74) is 8.37. The Hall–Kier alpha value is -4.21. The Morgan fingerprint density at radius 3 is 2.37 bits per heavy atom. The first-order chi connectivity index (χ1) is 17.9. The van der Waals surface area contributed by atoms with E-state index in [1.54, 1.807) is 10.6 Å². The Bertz CT molecular complexity index is 1480. The largest absolute Gasteiger partial charge is 0.478 e. The number of hydrogen-bond donors (Lipinski definition) is 3. The van der Waals surface area contributed by atoms with Crippen molar-refractivity contribution in [2.24, 2.45) is 5.73 Å². The first kappa shape index (κ1) is 28.4. The number of carbonyl (C=O) groups excluding carboxylic acids is 2. The zero-order chi connectivity index (χ0) is 28.2. The number of nitriles is 1. The molecule has 1 aromatic carbocycles. The summed E-state index contributed by atoms with van der Waals surface area (Å²) in [7, 11) is -3.38. The van der Waals surface area contributed by atoms with Gasteiger partial charge in [0.05, 0.1) is 28.6 Å². The van der Waals surface area contributed by atoms with Crippen molar-refractivity contribution in [1.82, 2.24) is 8.87 Å². The summed E-state index contributed by atoms with van der Waals surface area (Å²) in [6.45, 7) is 6.27. The van der Waals surface area contributed by atoms with Gasteiger partial charge in [-0.2, -0.15) is 9.57 Å². The molecule has 0 bridgehead atoms. The van der Waals surface area contributed by atoms with Gasteiger partial charge in [-0.3, -0.25) is 9.59 Å². The molecule has 2 amide bonds. The fraction of sp³-hybridized carbons (Fsp3) is 0.308. The molecule has 200 valence electrons. The van der Waals surface area contributed by atoms with Gasteiger partial charge in [0.2, 0.25) is 10.0 Å². The summed E-state index contributed by atoms with van der Waals surface area (Å²) in [4.78, 5) is 36.1. The number of nitrogens with zero attached hydrogens (tertiary/aromatic N) is 3. The van der Waals surface area contributed by atoms with Crippen LogP contribution in [-0.2, 0) is 27.8 Å². The normalized spacial score (nSPS) is 13.9. The van der Waals surface area contributed by atoms with E-state index in [9.17, 15) is 28.1 Å². The van der Waals surface area contributed by atoms with E-state index in [2.05, 4.69) is 18.0 Å². The maximum absolute atomic E-state index is 12.7. The second-order valence-corrected chi connectivity index (χ2v) is 10.8. The van der Waals surface area contributed by atoms with E-state index in [-0.39, 0.29) is 48.3 Å². The summed E-state index contributed by atoms with van der Waals surface area (Å²) in [6, 6.07) is 7.79. The molecule has 0 saturated carbocycles. The third-order valence-electron chi connectivity index (χ3n) is 6.36. The van der Waals surface area contributed by atoms with E-state index in [0.717, 1.165) is 11.8 Å². The molecule has 3 rings (SSSR count). The monoisotopic (exact) mass is 539 g/mol. The average molecular weight is 540 g/mol. The van der Waals surface area contributed by atoms with Crippen LogP contribution >= 0.6 is 0 Å². The topological polar surface area (TPSA) is 176 Å². The molecule has 0 unspecified atom stereocenters. The zero-order valence-electron chi connectivity index (χ0n) is 21.2. The number of rotatable bonds is 10. The number of amides is 2. The Balaban J connectivity index is 1.90. The van der Waals surface area contributed by atoms with E-state index in [1.807, 2.05) is 6.92 Å². The Morgan fingerprint density at radius 2 is 1.89 bits per heavy atom. The second kappa shape index (κ2) is 11.5. The van der Waals surface area contributed by atoms with E-state index in [1.165, 1.54) is 28.6 Å². The van der Waals surface area contributed by atoms with Gasteiger partial charge in [0.1, 0.15) is 6.07 Å². The van der Waals surface area contributed by atoms with Crippen LogP contribution in [0.1, 0.15) is 57.4 Å². The molecule has 0 aliphatic carbocycles. The van der Waals surface area contributed by atoms with Crippen LogP contribution in [0, 0.1) is 11.3 Å². The highest BCUT2D eigenvalue weighted by atomic mass is 32.2. The molecule has 2 heterocycles. The van der Waals surface area contributed by atoms with Gasteiger partial charge in [-0.05, 0) is 49.1 Å². The van der Waals surface area contributed by atoms with Crippen LogP contribution < -0.4 is 11.1 Å². The van der Waals surface area contributed by atoms with Crippen molar-refractivity contribution in [3.8, 4) is 6.07 Å². The van der Waals surface area contributed by atoms with Crippen molar-refractivity contribution < 1.29 is 27.9 Å². The second-order valence-electron chi connectivity index (χ2n) is 8.82. The average Bonchev–Trinajstić information content (AvgIpc) is 3.20. The fourth-order valence-electron chi connectivity index (χ4n) is 4.43. The molecule has 38 heavy (non-hydrogen) atoms. The molecule has 2 aromatic rings. The molecule has 0 fully saturated rings. The molecule has 0 saturated heterocycles. The number of sulfonamides is 1. The molecule has 11 nitrogen and oxygen atoms in total. The summed E-state index contributed by atoms with van der Waals surface area (Å²) >= 11 is 0. The van der Waals surface area contributed by atoms with Crippen molar-refractivity contribution in [2.45, 2.75) is 32.7 Å². The van der Waals surface area contributed by atoms with Crippen LogP contribution in [0.5, 0.6) is 0 Å². The van der Waals surface area contributed by atoms with E-state index < -0.39 is 27.8 Å². The van der Waals surface area contributed by atoms with Gasteiger partial charge < -0.3 is 20.7 Å². The first-order valence-electron chi connectivity index (χ1n) is 11.8. The van der Waals surface area contributed by atoms with Gasteiger partial charge in [0.25, 0.3) is 11.8 Å². The Morgan fingerprint density at radius 1 is 1.24 bits per heavy atom. The molecular formula is C26H29N5O6S. The van der Waals surface area contributed by atoms with Crippen molar-refractivity contribution in [2.75, 3.05) is 24.7 Å². The Kier molecular flexibility index (Phi) is 8.55. The van der Waals surface area contributed by atoms with Crippen LogP contribution in [0.3, 0.4) is 0 Å². The number of nitrogens with two attached hydrogens (primary N) is 1. The highest BCUT2D eigenvalue weighted by Crippen LogP contribution is 2.33. The number of nitrogens with one attached hydrogen (secondary N) is 1. The number of carboxylic acid groups (broad SMARTS) is 1. The minimum Gasteiger partial charge on any atom is -0.478 e. The van der Waals surface area contributed by atoms with Gasteiger partial charge in [-0.1, -0.05) is 19.6 Å². The summed E-state index contributed by atoms with van der Waals surface area (Å²) in [5.74, 6) is -2.28. The number of aromatic nitrogens is 1. The van der Waals surface area contributed by atoms with Gasteiger partial charge in [-0.25, -0.2) is 13.2 Å². The predicted molar refractivity (Wildman–Crippen MR) is 142 cm³/mol. The smallest absolute Gasteiger partial charge is 0.335 e. The lowest BCUT2D eigenvalue weighted by molar-refractivity contribution is -0.113. The predicted octanol–water partition coefficient (Wildman–Crippen LogP) is 2.35. The number of primary amides is 1. The first-order valence-corrected chi connectivity index (χ1v) is 13.7. The van der Waals surface area contributed by atoms with Crippen LogP contribution in [0.25, 0.3) is 5.57 Å². The summed E-state index contributed by atoms with van der Waals surface area (Å²) in [6.07, 6.45) is 3.77. The maximum Gasteiger partial charge on any atom is 0.335 e. The fourth-order valence-corrected chi connectivity index (χ4v) is 5.20. The molecule has 1 aromatic heterocycles. The minimum atomic E-state index is -3.38. The summed E-state index contributed by atoms with van der Waals surface area (Å²) in [5, 5.41) is 21.6. The lowest BCUT2D eigenvalue weighted by Gasteiger charge is -2.25. The molecule has 1 aliphatic rings. The lowest BCUT2D eigenvalue weighted by Crippen LogP contribution is -2.34. The summed E-state index contributed by atoms with van der Waals surface area (Å²) < 4.78 is 27.0. The van der Waals surface area contributed by atoms with E-state index >= 15 is 0 Å². The number of hydrogen-bond acceptors (Lipinski definition) is 6. The van der Waals surface area contributed by atoms with Crippen LogP contribution in [0.15, 0.2) is 42.5 Å². The number of carbonyl (C=O) groups is 3. The molecule has 0 spiro atoms. The highest BCUT2D eigenvalue weighted by molar-refractivity contribution is 7.88. The number of aromatic carboxylic acids is 1. The lowest BCUT2D eigenvalue weighted by atomic mass is 10.00. The number of benzene rings is 1. The van der Waals surface area contributed by atoms with Crippen molar-refractivity contribution in [3.63, 3.8) is 0 Å². The van der Waals surface area contributed by atoms with Crippen molar-refractivity contribution in [1.29, 1.82) is 5.26 Å². The third kappa shape index (κ3) is 6.01. The van der Waals surface area contributed by atoms with Crippen LogP contribution in [0.2, 0.25) is 0 Å². The SMILES string of the molecule is C=C(CCn1c(CC)c(C(N)=O)c(C#N)c1C1=CCN(S(C)(=O)=O)CC1)C(=O)Nc1ccc(C(=O)O)cc1. The van der Waals surface area contributed by atoms with E-state index in [4.69, 9.17) is 10.8 Å². The standard InChI is InChI=1S/C26H29N5O6S/c1-4-21-22(24(28)32)20(15-27)23(17-10-12-30(13-11-17)38(3,36)37)31(21)14-9-16(2)25(33)29-19-7-5-18(6-8-19)26(34)35/h5-8,10H,2,4,9,11-14H2,1,3H3,(H2,28,32)(H,29,33)(H,34,35). The van der Waals surface area contributed by atoms with E-state index in [0.29, 0.717) is 29.9 Å². The van der Waals surface area contributed by atoms with Gasteiger partial charge in [0, 0.05) is 36.6 Å². The molecular weight excluding hydrogens is 510 g/mol. The number of carboxylic acids is 1. The van der Waals surface area contributed by atoms with Gasteiger partial charge >= 0.3 is 5.97 Å². The molecule has 12 heteroatoms. The van der Waals surface area contributed by atoms with Gasteiger partial charge in [-0.15, -0.1) is 0 Å².